The lowest BCUT2D eigenvalue weighted by atomic mass is 9.81. The normalized spacial score (nSPS) is 17.8. The van der Waals surface area contributed by atoms with Crippen LogP contribution in [0.4, 0.5) is 0 Å². The molecule has 1 N–H and O–H groups in total. The van der Waals surface area contributed by atoms with Crippen LogP contribution in [0.1, 0.15) is 18.7 Å². The van der Waals surface area contributed by atoms with Crippen molar-refractivity contribution in [2.24, 2.45) is 0 Å². The summed E-state index contributed by atoms with van der Waals surface area (Å²) in [7, 11) is 0. The van der Waals surface area contributed by atoms with Crippen LogP contribution in [-0.4, -0.2) is 28.4 Å². The third kappa shape index (κ3) is 2.11. The van der Waals surface area contributed by atoms with Gasteiger partial charge in [-0.3, -0.25) is 5.10 Å². The summed E-state index contributed by atoms with van der Waals surface area (Å²) in [6.45, 7) is 1.18. The molecule has 5 heteroatoms. The van der Waals surface area contributed by atoms with E-state index in [-0.39, 0.29) is 0 Å². The Kier molecular flexibility index (Phi) is 3.02. The molecule has 0 atom stereocenters. The van der Waals surface area contributed by atoms with E-state index in [0.717, 1.165) is 5.56 Å². The van der Waals surface area contributed by atoms with E-state index in [4.69, 9.17) is 4.74 Å². The Labute approximate surface area is 111 Å². The Morgan fingerprint density at radius 2 is 1.95 bits per heavy atom. The van der Waals surface area contributed by atoms with Crippen LogP contribution < -0.4 is 0 Å². The summed E-state index contributed by atoms with van der Waals surface area (Å²) >= 11 is 0. The molecule has 0 unspecified atom stereocenters. The third-order valence-electron chi connectivity index (χ3n) is 3.53. The molecule has 1 fully saturated rings. The lowest BCUT2D eigenvalue weighted by molar-refractivity contribution is 0.0652. The summed E-state index contributed by atoms with van der Waals surface area (Å²) in [5.41, 5.74) is 0.364. The average Bonchev–Trinajstić information content (AvgIpc) is 2.99. The molecule has 0 spiro atoms. The van der Waals surface area contributed by atoms with Crippen LogP contribution in [0.3, 0.4) is 0 Å². The number of benzene rings is 1. The molecular weight excluding hydrogens is 240 g/mol. The molecule has 19 heavy (non-hydrogen) atoms. The number of aromatic nitrogens is 3. The quantitative estimate of drug-likeness (QED) is 0.890. The first-order chi connectivity index (χ1) is 9.34. The topological polar surface area (TPSA) is 74.6 Å². The number of nitrogens with one attached hydrogen (secondary N) is 1. The second-order valence-electron chi connectivity index (χ2n) is 4.68. The molecule has 0 amide bonds. The first-order valence-corrected chi connectivity index (χ1v) is 6.31. The van der Waals surface area contributed by atoms with E-state index in [9.17, 15) is 5.26 Å². The van der Waals surface area contributed by atoms with Crippen molar-refractivity contribution in [2.75, 3.05) is 13.2 Å². The number of hydrogen-bond acceptors (Lipinski definition) is 4. The second kappa shape index (κ2) is 4.82. The van der Waals surface area contributed by atoms with Gasteiger partial charge in [0.15, 0.2) is 5.82 Å². The minimum absolute atomic E-state index is 0.585. The summed E-state index contributed by atoms with van der Waals surface area (Å²) in [5, 5.41) is 16.6. The molecule has 3 rings (SSSR count). The van der Waals surface area contributed by atoms with Gasteiger partial charge in [0.25, 0.3) is 0 Å². The monoisotopic (exact) mass is 254 g/mol. The molecule has 5 nitrogen and oxygen atoms in total. The van der Waals surface area contributed by atoms with Gasteiger partial charge in [0.1, 0.15) is 11.2 Å². The van der Waals surface area contributed by atoms with Crippen LogP contribution in [-0.2, 0) is 10.2 Å². The predicted octanol–water partition coefficient (Wildman–Crippen LogP) is 2.04. The smallest absolute Gasteiger partial charge is 0.181 e. The summed E-state index contributed by atoms with van der Waals surface area (Å²) < 4.78 is 5.33. The molecule has 1 aromatic heterocycles. The van der Waals surface area contributed by atoms with Gasteiger partial charge in [-0.25, -0.2) is 4.98 Å². The van der Waals surface area contributed by atoms with E-state index in [1.54, 1.807) is 0 Å². The summed E-state index contributed by atoms with van der Waals surface area (Å²) in [4.78, 5) is 4.50. The van der Waals surface area contributed by atoms with Crippen LogP contribution in [0.15, 0.2) is 30.3 Å². The molecule has 1 aliphatic rings. The van der Waals surface area contributed by atoms with Crippen molar-refractivity contribution >= 4 is 0 Å². The van der Waals surface area contributed by atoms with Crippen molar-refractivity contribution in [1.82, 2.24) is 15.2 Å². The largest absolute Gasteiger partial charge is 0.381 e. The first kappa shape index (κ1) is 11.9. The Morgan fingerprint density at radius 3 is 2.63 bits per heavy atom. The average molecular weight is 254 g/mol. The van der Waals surface area contributed by atoms with Gasteiger partial charge in [-0.2, -0.15) is 10.4 Å². The number of nitriles is 1. The van der Waals surface area contributed by atoms with Gasteiger partial charge in [-0.05, 0) is 12.8 Å². The predicted molar refractivity (Wildman–Crippen MR) is 69.2 cm³/mol. The van der Waals surface area contributed by atoms with E-state index >= 15 is 0 Å². The Balaban J connectivity index is 1.95. The van der Waals surface area contributed by atoms with Crippen molar-refractivity contribution in [3.63, 3.8) is 0 Å². The van der Waals surface area contributed by atoms with Crippen molar-refractivity contribution in [3.8, 4) is 17.5 Å². The number of rotatable bonds is 2. The summed E-state index contributed by atoms with van der Waals surface area (Å²) in [6, 6.07) is 12.1. The Hall–Kier alpha value is -2.19. The van der Waals surface area contributed by atoms with E-state index in [1.165, 1.54) is 0 Å². The Bertz CT molecular complexity index is 593. The van der Waals surface area contributed by atoms with E-state index < -0.39 is 5.41 Å². The SMILES string of the molecule is N#CC1(c2nc(-c3ccccc3)n[nH]2)CCOCC1. The minimum atomic E-state index is -0.585. The van der Waals surface area contributed by atoms with Crippen LogP contribution in [0.5, 0.6) is 0 Å². The highest BCUT2D eigenvalue weighted by molar-refractivity contribution is 5.54. The zero-order chi connectivity index (χ0) is 13.1. The molecular formula is C14H14N4O. The molecule has 1 aromatic carbocycles. The molecule has 96 valence electrons. The highest BCUT2D eigenvalue weighted by Gasteiger charge is 2.38. The molecule has 0 bridgehead atoms. The van der Waals surface area contributed by atoms with E-state index in [1.807, 2.05) is 30.3 Å². The van der Waals surface area contributed by atoms with Crippen LogP contribution in [0.2, 0.25) is 0 Å². The molecule has 2 heterocycles. The van der Waals surface area contributed by atoms with Gasteiger partial charge in [-0.15, -0.1) is 0 Å². The third-order valence-corrected chi connectivity index (χ3v) is 3.53. The van der Waals surface area contributed by atoms with Crippen molar-refractivity contribution in [2.45, 2.75) is 18.3 Å². The maximum atomic E-state index is 9.48. The van der Waals surface area contributed by atoms with Crippen LogP contribution in [0.25, 0.3) is 11.4 Å². The Morgan fingerprint density at radius 1 is 1.21 bits per heavy atom. The van der Waals surface area contributed by atoms with Gasteiger partial charge in [-0.1, -0.05) is 30.3 Å². The molecule has 1 saturated heterocycles. The molecule has 0 aliphatic carbocycles. The van der Waals surface area contributed by atoms with Crippen LogP contribution >= 0.6 is 0 Å². The molecule has 0 radical (unpaired) electrons. The van der Waals surface area contributed by atoms with Crippen molar-refractivity contribution in [1.29, 1.82) is 5.26 Å². The molecule has 2 aromatic rings. The number of H-pyrrole nitrogens is 1. The van der Waals surface area contributed by atoms with Gasteiger partial charge in [0, 0.05) is 18.8 Å². The van der Waals surface area contributed by atoms with Gasteiger partial charge in [0.2, 0.25) is 0 Å². The van der Waals surface area contributed by atoms with Gasteiger partial charge in [0.05, 0.1) is 6.07 Å². The summed E-state index contributed by atoms with van der Waals surface area (Å²) in [6.07, 6.45) is 1.32. The lowest BCUT2D eigenvalue weighted by Gasteiger charge is -2.28. The second-order valence-corrected chi connectivity index (χ2v) is 4.68. The van der Waals surface area contributed by atoms with E-state index in [0.29, 0.717) is 37.7 Å². The van der Waals surface area contributed by atoms with Crippen molar-refractivity contribution < 1.29 is 4.74 Å². The highest BCUT2D eigenvalue weighted by Crippen LogP contribution is 2.32. The van der Waals surface area contributed by atoms with Gasteiger partial charge < -0.3 is 4.74 Å². The fourth-order valence-electron chi connectivity index (χ4n) is 2.31. The number of hydrogen-bond donors (Lipinski definition) is 1. The number of aromatic amines is 1. The minimum Gasteiger partial charge on any atom is -0.381 e. The zero-order valence-electron chi connectivity index (χ0n) is 10.5. The maximum absolute atomic E-state index is 9.48. The zero-order valence-corrected chi connectivity index (χ0v) is 10.5. The highest BCUT2D eigenvalue weighted by atomic mass is 16.5. The van der Waals surface area contributed by atoms with Crippen LogP contribution in [0, 0.1) is 11.3 Å². The standard InChI is InChI=1S/C14H14N4O/c15-10-14(6-8-19-9-7-14)13-16-12(17-18-13)11-4-2-1-3-5-11/h1-5H,6-9H2,(H,16,17,18). The fraction of sp³-hybridized carbons (Fsp3) is 0.357. The van der Waals surface area contributed by atoms with Crippen molar-refractivity contribution in [3.05, 3.63) is 36.2 Å². The number of nitrogens with zero attached hydrogens (tertiary/aromatic N) is 3. The summed E-state index contributed by atoms with van der Waals surface area (Å²) in [5.74, 6) is 1.29. The molecule has 1 aliphatic heterocycles. The lowest BCUT2D eigenvalue weighted by Crippen LogP contribution is -2.33. The number of ether oxygens (including phenoxy) is 1. The maximum Gasteiger partial charge on any atom is 0.181 e. The van der Waals surface area contributed by atoms with E-state index in [2.05, 4.69) is 21.3 Å². The fourth-order valence-corrected chi connectivity index (χ4v) is 2.31. The molecule has 0 saturated carbocycles. The first-order valence-electron chi connectivity index (χ1n) is 6.31. The van der Waals surface area contributed by atoms with Gasteiger partial charge >= 0.3 is 0 Å².